The molecule has 1 aromatic carbocycles. The van der Waals surface area contributed by atoms with Crippen LogP contribution < -0.4 is 5.32 Å². The summed E-state index contributed by atoms with van der Waals surface area (Å²) in [6.07, 6.45) is 1.62. The van der Waals surface area contributed by atoms with Gasteiger partial charge in [-0.1, -0.05) is 30.3 Å². The number of hydrogen-bond donors (Lipinski definition) is 1. The smallest absolute Gasteiger partial charge is 0.263 e. The minimum Gasteiger partial charge on any atom is -0.383 e. The Morgan fingerprint density at radius 3 is 2.64 bits per heavy atom. The Kier molecular flexibility index (Phi) is 7.73. The van der Waals surface area contributed by atoms with Gasteiger partial charge >= 0.3 is 0 Å². The van der Waals surface area contributed by atoms with E-state index in [0.717, 1.165) is 5.56 Å². The molecule has 5 nitrogen and oxygen atoms in total. The number of rotatable bonds is 8. The molecule has 0 aliphatic carbocycles. The molecule has 118 valence electrons. The van der Waals surface area contributed by atoms with Gasteiger partial charge in [0.1, 0.15) is 11.6 Å². The van der Waals surface area contributed by atoms with E-state index in [1.807, 2.05) is 55.1 Å². The number of ether oxygens (including phenoxy) is 1. The van der Waals surface area contributed by atoms with Gasteiger partial charge in [0, 0.05) is 32.4 Å². The Labute approximate surface area is 132 Å². The van der Waals surface area contributed by atoms with Crippen LogP contribution in [0.4, 0.5) is 0 Å². The maximum absolute atomic E-state index is 12.0. The molecule has 0 unspecified atom stereocenters. The van der Waals surface area contributed by atoms with Crippen LogP contribution in [-0.2, 0) is 16.1 Å². The molecule has 22 heavy (non-hydrogen) atoms. The highest BCUT2D eigenvalue weighted by Crippen LogP contribution is 2.10. The molecular weight excluding hydrogens is 278 g/mol. The number of nitrogens with one attached hydrogen (secondary N) is 1. The molecule has 0 radical (unpaired) electrons. The van der Waals surface area contributed by atoms with Crippen LogP contribution in [0.2, 0.25) is 0 Å². The molecule has 0 fully saturated rings. The third-order valence-electron chi connectivity index (χ3n) is 3.12. The lowest BCUT2D eigenvalue weighted by atomic mass is 10.2. The van der Waals surface area contributed by atoms with Gasteiger partial charge in [0.25, 0.3) is 5.91 Å². The summed E-state index contributed by atoms with van der Waals surface area (Å²) in [5.41, 5.74) is 1.23. The van der Waals surface area contributed by atoms with Crippen molar-refractivity contribution in [2.75, 3.05) is 20.3 Å². The minimum atomic E-state index is -0.377. The first-order valence-electron chi connectivity index (χ1n) is 7.27. The number of nitriles is 1. The molecule has 5 heteroatoms. The summed E-state index contributed by atoms with van der Waals surface area (Å²) in [4.78, 5) is 14.0. The summed E-state index contributed by atoms with van der Waals surface area (Å²) in [7, 11) is 1.56. The number of carbonyl (C=O) groups excluding carboxylic acids is 1. The molecule has 0 aromatic heterocycles. The highest BCUT2D eigenvalue weighted by Gasteiger charge is 2.13. The molecule has 0 spiro atoms. The zero-order chi connectivity index (χ0) is 16.4. The first-order valence-corrected chi connectivity index (χ1v) is 7.27. The summed E-state index contributed by atoms with van der Waals surface area (Å²) in [6, 6.07) is 12.1. The molecule has 0 bridgehead atoms. The van der Waals surface area contributed by atoms with Crippen LogP contribution in [0.25, 0.3) is 0 Å². The molecule has 1 aromatic rings. The van der Waals surface area contributed by atoms with Gasteiger partial charge in [-0.25, -0.2) is 0 Å². The highest BCUT2D eigenvalue weighted by atomic mass is 16.5. The quantitative estimate of drug-likeness (QED) is 0.453. The number of methoxy groups -OCH3 is 1. The molecule has 0 atom stereocenters. The molecule has 1 N–H and O–H groups in total. The van der Waals surface area contributed by atoms with Gasteiger partial charge in [0.2, 0.25) is 0 Å². The first-order chi connectivity index (χ1) is 10.6. The van der Waals surface area contributed by atoms with Crippen LogP contribution in [0, 0.1) is 11.3 Å². The van der Waals surface area contributed by atoms with E-state index in [1.165, 1.54) is 0 Å². The fourth-order valence-electron chi connectivity index (χ4n) is 1.84. The number of amides is 1. The van der Waals surface area contributed by atoms with Gasteiger partial charge in [-0.3, -0.25) is 4.79 Å². The van der Waals surface area contributed by atoms with Crippen molar-refractivity contribution >= 4 is 5.91 Å². The standard InChI is InChI=1S/C17H23N3O2/c1-14(2)20(12-15-7-5-4-6-8-15)13-16(11-18)17(21)19-9-10-22-3/h4-8,13-14H,9-10,12H2,1-3H3,(H,19,21)/b16-13-. The van der Waals surface area contributed by atoms with E-state index >= 15 is 0 Å². The second-order valence-electron chi connectivity index (χ2n) is 5.15. The zero-order valence-electron chi connectivity index (χ0n) is 13.4. The van der Waals surface area contributed by atoms with E-state index in [0.29, 0.717) is 19.7 Å². The van der Waals surface area contributed by atoms with Gasteiger partial charge < -0.3 is 15.0 Å². The van der Waals surface area contributed by atoms with Crippen molar-refractivity contribution in [3.05, 3.63) is 47.7 Å². The van der Waals surface area contributed by atoms with Crippen molar-refractivity contribution < 1.29 is 9.53 Å². The van der Waals surface area contributed by atoms with Crippen LogP contribution in [-0.4, -0.2) is 37.1 Å². The topological polar surface area (TPSA) is 65.4 Å². The second kappa shape index (κ2) is 9.59. The number of nitrogens with zero attached hydrogens (tertiary/aromatic N) is 2. The van der Waals surface area contributed by atoms with Crippen LogP contribution in [0.3, 0.4) is 0 Å². The maximum Gasteiger partial charge on any atom is 0.263 e. The lowest BCUT2D eigenvalue weighted by molar-refractivity contribution is -0.117. The summed E-state index contributed by atoms with van der Waals surface area (Å²) in [5.74, 6) is -0.377. The van der Waals surface area contributed by atoms with Gasteiger partial charge in [0.05, 0.1) is 6.61 Å². The van der Waals surface area contributed by atoms with Crippen LogP contribution >= 0.6 is 0 Å². The number of hydrogen-bond acceptors (Lipinski definition) is 4. The Morgan fingerprint density at radius 1 is 1.41 bits per heavy atom. The lowest BCUT2D eigenvalue weighted by Gasteiger charge is -2.25. The highest BCUT2D eigenvalue weighted by molar-refractivity contribution is 5.97. The third-order valence-corrected chi connectivity index (χ3v) is 3.12. The molecule has 0 aliphatic rings. The monoisotopic (exact) mass is 301 g/mol. The van der Waals surface area contributed by atoms with Crippen LogP contribution in [0.5, 0.6) is 0 Å². The van der Waals surface area contributed by atoms with Gasteiger partial charge in [-0.15, -0.1) is 0 Å². The van der Waals surface area contributed by atoms with Crippen molar-refractivity contribution in [2.24, 2.45) is 0 Å². The molecule has 0 saturated carbocycles. The minimum absolute atomic E-state index is 0.0979. The Hall–Kier alpha value is -2.32. The normalized spacial score (nSPS) is 11.1. The van der Waals surface area contributed by atoms with E-state index in [-0.39, 0.29) is 17.5 Å². The van der Waals surface area contributed by atoms with Gasteiger partial charge in [-0.05, 0) is 19.4 Å². The molecule has 1 rings (SSSR count). The van der Waals surface area contributed by atoms with Crippen molar-refractivity contribution in [1.82, 2.24) is 10.2 Å². The number of carbonyl (C=O) groups is 1. The zero-order valence-corrected chi connectivity index (χ0v) is 13.4. The van der Waals surface area contributed by atoms with Crippen molar-refractivity contribution in [1.29, 1.82) is 5.26 Å². The Balaban J connectivity index is 2.81. The predicted octanol–water partition coefficient (Wildman–Crippen LogP) is 2.07. The van der Waals surface area contributed by atoms with Gasteiger partial charge in [-0.2, -0.15) is 5.26 Å². The van der Waals surface area contributed by atoms with Crippen LogP contribution in [0.15, 0.2) is 42.1 Å². The Morgan fingerprint density at radius 2 is 2.09 bits per heavy atom. The maximum atomic E-state index is 12.0. The number of benzene rings is 1. The molecular formula is C17H23N3O2. The molecule has 0 saturated heterocycles. The lowest BCUT2D eigenvalue weighted by Crippen LogP contribution is -2.31. The largest absolute Gasteiger partial charge is 0.383 e. The van der Waals surface area contributed by atoms with E-state index in [9.17, 15) is 10.1 Å². The van der Waals surface area contributed by atoms with Gasteiger partial charge in [0.15, 0.2) is 0 Å². The average Bonchev–Trinajstić information content (AvgIpc) is 2.52. The molecule has 0 heterocycles. The predicted molar refractivity (Wildman–Crippen MR) is 85.7 cm³/mol. The summed E-state index contributed by atoms with van der Waals surface area (Å²) in [6.45, 7) is 5.50. The average molecular weight is 301 g/mol. The molecule has 0 aliphatic heterocycles. The van der Waals surface area contributed by atoms with Crippen molar-refractivity contribution in [2.45, 2.75) is 26.4 Å². The summed E-state index contributed by atoms with van der Waals surface area (Å²) >= 11 is 0. The molecule has 1 amide bonds. The van der Waals surface area contributed by atoms with E-state index in [4.69, 9.17) is 4.74 Å². The summed E-state index contributed by atoms with van der Waals surface area (Å²) in [5, 5.41) is 11.9. The van der Waals surface area contributed by atoms with E-state index < -0.39 is 0 Å². The third kappa shape index (κ3) is 5.98. The van der Waals surface area contributed by atoms with Crippen LogP contribution in [0.1, 0.15) is 19.4 Å². The van der Waals surface area contributed by atoms with Crippen molar-refractivity contribution in [3.63, 3.8) is 0 Å². The first kappa shape index (κ1) is 17.7. The fraction of sp³-hybridized carbons (Fsp3) is 0.412. The van der Waals surface area contributed by atoms with E-state index in [2.05, 4.69) is 5.32 Å². The summed E-state index contributed by atoms with van der Waals surface area (Å²) < 4.78 is 4.88. The Bertz CT molecular complexity index is 533. The van der Waals surface area contributed by atoms with E-state index in [1.54, 1.807) is 13.3 Å². The van der Waals surface area contributed by atoms with Crippen molar-refractivity contribution in [3.8, 4) is 6.07 Å². The SMILES string of the molecule is COCCNC(=O)/C(C#N)=C\N(Cc1ccccc1)C(C)C. The fourth-order valence-corrected chi connectivity index (χ4v) is 1.84. The second-order valence-corrected chi connectivity index (χ2v) is 5.15.